The third kappa shape index (κ3) is 5.70. The highest BCUT2D eigenvalue weighted by Gasteiger charge is 2.07. The van der Waals surface area contributed by atoms with Crippen molar-refractivity contribution in [1.82, 2.24) is 9.88 Å². The lowest BCUT2D eigenvalue weighted by atomic mass is 10.2. The quantitative estimate of drug-likeness (QED) is 0.536. The zero-order chi connectivity index (χ0) is 13.4. The summed E-state index contributed by atoms with van der Waals surface area (Å²) in [6.45, 7) is 2.51. The van der Waals surface area contributed by atoms with E-state index in [0.717, 1.165) is 5.56 Å². The summed E-state index contributed by atoms with van der Waals surface area (Å²) in [5.74, 6) is -0.194. The van der Waals surface area contributed by atoms with Crippen molar-refractivity contribution in [2.75, 3.05) is 26.8 Å². The van der Waals surface area contributed by atoms with Crippen LogP contribution in [0, 0.1) is 11.2 Å². The van der Waals surface area contributed by atoms with Crippen LogP contribution in [-0.2, 0) is 11.3 Å². The van der Waals surface area contributed by atoms with Crippen LogP contribution < -0.4 is 5.73 Å². The zero-order valence-corrected chi connectivity index (χ0v) is 10.5. The minimum Gasteiger partial charge on any atom is -0.388 e. The van der Waals surface area contributed by atoms with Crippen molar-refractivity contribution in [3.63, 3.8) is 0 Å². The molecule has 0 aliphatic carbocycles. The normalized spacial score (nSPS) is 10.8. The Morgan fingerprint density at radius 2 is 2.28 bits per heavy atom. The SMILES string of the molecule is COCCN(CCC(=N)N)Cc1cncc(F)c1. The van der Waals surface area contributed by atoms with E-state index in [1.54, 1.807) is 13.3 Å². The number of nitrogens with two attached hydrogens (primary N) is 1. The molecule has 0 aromatic carbocycles. The molecule has 0 saturated carbocycles. The van der Waals surface area contributed by atoms with Gasteiger partial charge < -0.3 is 10.5 Å². The number of ether oxygens (including phenoxy) is 1. The van der Waals surface area contributed by atoms with Gasteiger partial charge in [0, 0.05) is 39.4 Å². The van der Waals surface area contributed by atoms with E-state index in [9.17, 15) is 4.39 Å². The maximum atomic E-state index is 13.0. The van der Waals surface area contributed by atoms with Gasteiger partial charge in [0.15, 0.2) is 0 Å². The molecule has 1 aromatic rings. The predicted molar refractivity (Wildman–Crippen MR) is 67.9 cm³/mol. The number of rotatable bonds is 8. The number of amidine groups is 1. The smallest absolute Gasteiger partial charge is 0.141 e. The highest BCUT2D eigenvalue weighted by molar-refractivity contribution is 5.76. The molecule has 0 aliphatic heterocycles. The molecule has 3 N–H and O–H groups in total. The second-order valence-corrected chi connectivity index (χ2v) is 4.06. The lowest BCUT2D eigenvalue weighted by Crippen LogP contribution is -2.30. The predicted octanol–water partition coefficient (Wildman–Crippen LogP) is 0.995. The fraction of sp³-hybridized carbons (Fsp3) is 0.500. The van der Waals surface area contributed by atoms with Crippen molar-refractivity contribution in [1.29, 1.82) is 5.41 Å². The molecule has 1 heterocycles. The summed E-state index contributed by atoms with van der Waals surface area (Å²) >= 11 is 0. The van der Waals surface area contributed by atoms with Gasteiger partial charge in [0.2, 0.25) is 0 Å². The highest BCUT2D eigenvalue weighted by atomic mass is 19.1. The van der Waals surface area contributed by atoms with E-state index in [4.69, 9.17) is 15.9 Å². The molecule has 0 amide bonds. The van der Waals surface area contributed by atoms with Crippen molar-refractivity contribution in [3.8, 4) is 0 Å². The molecular weight excluding hydrogens is 235 g/mol. The fourth-order valence-corrected chi connectivity index (χ4v) is 1.57. The Hall–Kier alpha value is -1.53. The number of hydrogen-bond donors (Lipinski definition) is 2. The Kier molecular flexibility index (Phi) is 6.24. The summed E-state index contributed by atoms with van der Waals surface area (Å²) < 4.78 is 18.0. The van der Waals surface area contributed by atoms with Gasteiger partial charge >= 0.3 is 0 Å². The number of methoxy groups -OCH3 is 1. The average Bonchev–Trinajstić information content (AvgIpc) is 2.32. The maximum absolute atomic E-state index is 13.0. The number of nitrogens with one attached hydrogen (secondary N) is 1. The van der Waals surface area contributed by atoms with Crippen LogP contribution in [0.1, 0.15) is 12.0 Å². The Labute approximate surface area is 106 Å². The van der Waals surface area contributed by atoms with E-state index in [1.165, 1.54) is 12.3 Å². The molecule has 0 bridgehead atoms. The molecule has 0 fully saturated rings. The first kappa shape index (κ1) is 14.5. The second kappa shape index (κ2) is 7.73. The molecule has 0 spiro atoms. The molecule has 1 rings (SSSR count). The molecule has 6 heteroatoms. The standard InChI is InChI=1S/C12H19FN4O/c1-18-5-4-17(3-2-12(14)15)9-10-6-11(13)8-16-7-10/h6-8H,2-5,9H2,1H3,(H3,14,15). The van der Waals surface area contributed by atoms with Crippen molar-refractivity contribution >= 4 is 5.84 Å². The van der Waals surface area contributed by atoms with Crippen LogP contribution >= 0.6 is 0 Å². The van der Waals surface area contributed by atoms with E-state index in [1.807, 2.05) is 0 Å². The molecule has 5 nitrogen and oxygen atoms in total. The third-order valence-electron chi connectivity index (χ3n) is 2.48. The van der Waals surface area contributed by atoms with Crippen molar-refractivity contribution in [2.45, 2.75) is 13.0 Å². The van der Waals surface area contributed by atoms with E-state index in [0.29, 0.717) is 32.7 Å². The van der Waals surface area contributed by atoms with Gasteiger partial charge in [-0.1, -0.05) is 0 Å². The number of hydrogen-bond acceptors (Lipinski definition) is 4. The van der Waals surface area contributed by atoms with Crippen LogP contribution in [0.15, 0.2) is 18.5 Å². The third-order valence-corrected chi connectivity index (χ3v) is 2.48. The highest BCUT2D eigenvalue weighted by Crippen LogP contribution is 2.06. The largest absolute Gasteiger partial charge is 0.388 e. The number of halogens is 1. The molecule has 0 unspecified atom stereocenters. The van der Waals surface area contributed by atoms with Gasteiger partial charge in [0.25, 0.3) is 0 Å². The topological polar surface area (TPSA) is 75.2 Å². The molecule has 1 aromatic heterocycles. The summed E-state index contributed by atoms with van der Waals surface area (Å²) in [5.41, 5.74) is 6.14. The Morgan fingerprint density at radius 1 is 1.50 bits per heavy atom. The van der Waals surface area contributed by atoms with E-state index >= 15 is 0 Å². The summed E-state index contributed by atoms with van der Waals surface area (Å²) in [6.07, 6.45) is 3.31. The van der Waals surface area contributed by atoms with E-state index < -0.39 is 0 Å². The van der Waals surface area contributed by atoms with E-state index in [2.05, 4.69) is 9.88 Å². The van der Waals surface area contributed by atoms with Crippen LogP contribution in [0.2, 0.25) is 0 Å². The molecule has 0 aliphatic rings. The van der Waals surface area contributed by atoms with Crippen molar-refractivity contribution < 1.29 is 9.13 Å². The van der Waals surface area contributed by atoms with Crippen LogP contribution in [-0.4, -0.2) is 42.5 Å². The van der Waals surface area contributed by atoms with Crippen molar-refractivity contribution in [2.24, 2.45) is 5.73 Å². The lowest BCUT2D eigenvalue weighted by molar-refractivity contribution is 0.145. The number of aromatic nitrogens is 1. The Morgan fingerprint density at radius 3 is 2.89 bits per heavy atom. The Balaban J connectivity index is 2.56. The average molecular weight is 254 g/mol. The first-order valence-corrected chi connectivity index (χ1v) is 5.75. The minimum atomic E-state index is -0.342. The van der Waals surface area contributed by atoms with Crippen LogP contribution in [0.4, 0.5) is 4.39 Å². The summed E-state index contributed by atoms with van der Waals surface area (Å²) in [4.78, 5) is 5.87. The monoisotopic (exact) mass is 254 g/mol. The van der Waals surface area contributed by atoms with Crippen LogP contribution in [0.3, 0.4) is 0 Å². The first-order valence-electron chi connectivity index (χ1n) is 5.75. The zero-order valence-electron chi connectivity index (χ0n) is 10.5. The minimum absolute atomic E-state index is 0.148. The summed E-state index contributed by atoms with van der Waals surface area (Å²) in [5, 5.41) is 7.23. The van der Waals surface area contributed by atoms with Crippen molar-refractivity contribution in [3.05, 3.63) is 29.8 Å². The number of nitrogens with zero attached hydrogens (tertiary/aromatic N) is 2. The lowest BCUT2D eigenvalue weighted by Gasteiger charge is -2.21. The first-order chi connectivity index (χ1) is 8.61. The van der Waals surface area contributed by atoms with Gasteiger partial charge in [-0.3, -0.25) is 15.3 Å². The molecule has 100 valence electrons. The summed E-state index contributed by atoms with van der Waals surface area (Å²) in [7, 11) is 1.63. The Bertz CT molecular complexity index is 386. The fourth-order valence-electron chi connectivity index (χ4n) is 1.57. The molecule has 0 saturated heterocycles. The molecule has 0 radical (unpaired) electrons. The second-order valence-electron chi connectivity index (χ2n) is 4.06. The van der Waals surface area contributed by atoms with Gasteiger partial charge in [0.05, 0.1) is 18.6 Å². The molecule has 0 atom stereocenters. The van der Waals surface area contributed by atoms with Gasteiger partial charge in [-0.05, 0) is 11.6 Å². The van der Waals surface area contributed by atoms with Gasteiger partial charge in [-0.2, -0.15) is 0 Å². The molecular formula is C12H19FN4O. The maximum Gasteiger partial charge on any atom is 0.141 e. The van der Waals surface area contributed by atoms with Gasteiger partial charge in [0.1, 0.15) is 5.82 Å². The molecule has 18 heavy (non-hydrogen) atoms. The van der Waals surface area contributed by atoms with E-state index in [-0.39, 0.29) is 11.7 Å². The van der Waals surface area contributed by atoms with Crippen LogP contribution in [0.5, 0.6) is 0 Å². The van der Waals surface area contributed by atoms with Gasteiger partial charge in [-0.25, -0.2) is 4.39 Å². The summed E-state index contributed by atoms with van der Waals surface area (Å²) in [6, 6.07) is 1.46. The van der Waals surface area contributed by atoms with Gasteiger partial charge in [-0.15, -0.1) is 0 Å². The number of pyridine rings is 1. The van der Waals surface area contributed by atoms with Crippen LogP contribution in [0.25, 0.3) is 0 Å².